The van der Waals surface area contributed by atoms with E-state index in [2.05, 4.69) is 5.32 Å². The van der Waals surface area contributed by atoms with Gasteiger partial charge in [-0.1, -0.05) is 13.8 Å². The van der Waals surface area contributed by atoms with E-state index < -0.39 is 29.6 Å². The molecule has 2 aromatic carbocycles. The lowest BCUT2D eigenvalue weighted by Crippen LogP contribution is -2.41. The third kappa shape index (κ3) is 5.15. The average molecular weight is 489 g/mol. The molecule has 0 aliphatic carbocycles. The number of nitrogens with one attached hydrogen (secondary N) is 1. The predicted octanol–water partition coefficient (Wildman–Crippen LogP) is 4.17. The van der Waals surface area contributed by atoms with Crippen molar-refractivity contribution in [1.29, 1.82) is 0 Å². The molecule has 0 fully saturated rings. The van der Waals surface area contributed by atoms with E-state index in [-0.39, 0.29) is 38.3 Å². The maximum atomic E-state index is 14.1. The van der Waals surface area contributed by atoms with E-state index in [1.807, 2.05) is 13.8 Å². The first-order valence-electron chi connectivity index (χ1n) is 8.11. The average Bonchev–Trinajstić information content (AvgIpc) is 2.56. The van der Waals surface area contributed by atoms with E-state index in [4.69, 9.17) is 0 Å². The molecule has 0 unspecified atom stereocenters. The Hall–Kier alpha value is -2.23. The van der Waals surface area contributed by atoms with Gasteiger partial charge >= 0.3 is 5.97 Å². The van der Waals surface area contributed by atoms with Crippen LogP contribution in [0.4, 0.5) is 8.78 Å². The van der Waals surface area contributed by atoms with Crippen LogP contribution in [0.1, 0.15) is 30.6 Å². The van der Waals surface area contributed by atoms with Crippen molar-refractivity contribution in [2.75, 3.05) is 0 Å². The van der Waals surface area contributed by atoms with Gasteiger partial charge in [0, 0.05) is 11.6 Å². The van der Waals surface area contributed by atoms with Gasteiger partial charge in [-0.25, -0.2) is 13.6 Å². The molecule has 5 nitrogen and oxygen atoms in total. The number of phenols is 1. The van der Waals surface area contributed by atoms with Crippen LogP contribution in [-0.2, 0) is 4.79 Å². The van der Waals surface area contributed by atoms with Gasteiger partial charge in [0.15, 0.2) is 0 Å². The molecule has 2 rings (SSSR count). The minimum Gasteiger partial charge on any atom is -0.506 e. The Morgan fingerprint density at radius 3 is 2.41 bits per heavy atom. The maximum Gasteiger partial charge on any atom is 0.326 e. The molecule has 1 atom stereocenters. The Balaban J connectivity index is 2.43. The number of phenolic OH excluding ortho intramolecular Hbond substituents is 1. The second-order valence-corrected chi connectivity index (χ2v) is 7.63. The van der Waals surface area contributed by atoms with E-state index in [0.717, 1.165) is 12.1 Å². The first-order chi connectivity index (χ1) is 12.6. The number of halogens is 3. The molecule has 8 heteroatoms. The lowest BCUT2D eigenvalue weighted by Gasteiger charge is -2.17. The minimum absolute atomic E-state index is 0.0276. The van der Waals surface area contributed by atoms with Crippen molar-refractivity contribution in [2.24, 2.45) is 5.92 Å². The van der Waals surface area contributed by atoms with Crippen molar-refractivity contribution in [3.63, 3.8) is 0 Å². The fourth-order valence-electron chi connectivity index (χ4n) is 2.58. The van der Waals surface area contributed by atoms with Crippen molar-refractivity contribution in [2.45, 2.75) is 26.3 Å². The van der Waals surface area contributed by atoms with E-state index in [9.17, 15) is 28.6 Å². The van der Waals surface area contributed by atoms with Gasteiger partial charge in [0.25, 0.3) is 5.91 Å². The van der Waals surface area contributed by atoms with Gasteiger partial charge in [-0.15, -0.1) is 0 Å². The fraction of sp³-hybridized carbons (Fsp3) is 0.263. The SMILES string of the molecule is CC(C)C[C@H](NC(=O)c1cc(-c2ccc(F)cc2F)cc(I)c1O)C(=O)O. The molecule has 0 saturated heterocycles. The van der Waals surface area contributed by atoms with Crippen LogP contribution in [0.25, 0.3) is 11.1 Å². The van der Waals surface area contributed by atoms with Gasteiger partial charge in [-0.3, -0.25) is 4.79 Å². The van der Waals surface area contributed by atoms with Crippen LogP contribution >= 0.6 is 22.6 Å². The molecular formula is C19H18F2INO4. The third-order valence-electron chi connectivity index (χ3n) is 3.86. The zero-order chi connectivity index (χ0) is 20.3. The zero-order valence-corrected chi connectivity index (χ0v) is 16.8. The summed E-state index contributed by atoms with van der Waals surface area (Å²) >= 11 is 1.78. The normalized spacial score (nSPS) is 12.1. The number of carbonyl (C=O) groups is 2. The lowest BCUT2D eigenvalue weighted by molar-refractivity contribution is -0.139. The van der Waals surface area contributed by atoms with Crippen molar-refractivity contribution >= 4 is 34.5 Å². The van der Waals surface area contributed by atoms with Crippen LogP contribution in [-0.4, -0.2) is 28.1 Å². The van der Waals surface area contributed by atoms with Gasteiger partial charge in [-0.2, -0.15) is 0 Å². The van der Waals surface area contributed by atoms with Gasteiger partial charge in [0.1, 0.15) is 23.4 Å². The zero-order valence-electron chi connectivity index (χ0n) is 14.6. The summed E-state index contributed by atoms with van der Waals surface area (Å²) in [5.74, 6) is -3.84. The van der Waals surface area contributed by atoms with Crippen molar-refractivity contribution in [3.8, 4) is 16.9 Å². The molecule has 0 spiro atoms. The van der Waals surface area contributed by atoms with Crippen LogP contribution in [0.15, 0.2) is 30.3 Å². The van der Waals surface area contributed by atoms with Gasteiger partial charge in [-0.05, 0) is 64.8 Å². The summed E-state index contributed by atoms with van der Waals surface area (Å²) in [5.41, 5.74) is 0.131. The Kier molecular flexibility index (Phi) is 6.74. The lowest BCUT2D eigenvalue weighted by atomic mass is 10.00. The Bertz CT molecular complexity index is 886. The minimum atomic E-state index is -1.19. The largest absolute Gasteiger partial charge is 0.506 e. The summed E-state index contributed by atoms with van der Waals surface area (Å²) < 4.78 is 27.5. The Morgan fingerprint density at radius 2 is 1.85 bits per heavy atom. The highest BCUT2D eigenvalue weighted by Gasteiger charge is 2.24. The number of hydrogen-bond donors (Lipinski definition) is 3. The van der Waals surface area contributed by atoms with Gasteiger partial charge in [0.05, 0.1) is 9.13 Å². The number of carboxylic acid groups (broad SMARTS) is 1. The highest BCUT2D eigenvalue weighted by molar-refractivity contribution is 14.1. The fourth-order valence-corrected chi connectivity index (χ4v) is 3.21. The van der Waals surface area contributed by atoms with E-state index in [1.165, 1.54) is 18.2 Å². The Morgan fingerprint density at radius 1 is 1.19 bits per heavy atom. The van der Waals surface area contributed by atoms with E-state index in [1.54, 1.807) is 22.6 Å². The molecule has 0 saturated carbocycles. The molecule has 0 radical (unpaired) electrons. The van der Waals surface area contributed by atoms with Gasteiger partial charge < -0.3 is 15.5 Å². The number of carbonyl (C=O) groups excluding carboxylic acids is 1. The monoisotopic (exact) mass is 489 g/mol. The standard InChI is InChI=1S/C19H18F2INO4/c1-9(2)5-16(19(26)27)23-18(25)13-6-10(7-15(22)17(13)24)12-4-3-11(20)8-14(12)21/h3-4,6-9,16,24H,5H2,1-2H3,(H,23,25)(H,26,27)/t16-/m0/s1. The molecule has 0 aromatic heterocycles. The van der Waals surface area contributed by atoms with Crippen LogP contribution < -0.4 is 5.32 Å². The molecule has 1 amide bonds. The topological polar surface area (TPSA) is 86.6 Å². The number of carboxylic acids is 1. The number of benzene rings is 2. The smallest absolute Gasteiger partial charge is 0.326 e. The first kappa shape index (κ1) is 21.1. The number of rotatable bonds is 6. The molecular weight excluding hydrogens is 471 g/mol. The molecule has 0 aliphatic heterocycles. The first-order valence-corrected chi connectivity index (χ1v) is 9.19. The molecule has 3 N–H and O–H groups in total. The number of amides is 1. The summed E-state index contributed by atoms with van der Waals surface area (Å²) in [6.07, 6.45) is 0.214. The molecule has 0 heterocycles. The molecule has 27 heavy (non-hydrogen) atoms. The summed E-state index contributed by atoms with van der Waals surface area (Å²) in [4.78, 5) is 23.9. The van der Waals surface area contributed by atoms with Crippen LogP contribution in [0.5, 0.6) is 5.75 Å². The number of hydrogen-bond acceptors (Lipinski definition) is 3. The van der Waals surface area contributed by atoms with Crippen molar-refractivity contribution in [1.82, 2.24) is 5.32 Å². The van der Waals surface area contributed by atoms with Crippen LogP contribution in [0.3, 0.4) is 0 Å². The maximum absolute atomic E-state index is 14.1. The van der Waals surface area contributed by atoms with Crippen molar-refractivity contribution in [3.05, 3.63) is 51.1 Å². The summed E-state index contributed by atoms with van der Waals surface area (Å²) in [6.45, 7) is 3.64. The highest BCUT2D eigenvalue weighted by atomic mass is 127. The van der Waals surface area contributed by atoms with Crippen LogP contribution in [0, 0.1) is 21.1 Å². The molecule has 144 valence electrons. The Labute approximate surface area is 168 Å². The second kappa shape index (κ2) is 8.64. The van der Waals surface area contributed by atoms with Crippen molar-refractivity contribution < 1.29 is 28.6 Å². The second-order valence-electron chi connectivity index (χ2n) is 6.47. The highest BCUT2D eigenvalue weighted by Crippen LogP contribution is 2.32. The number of aromatic hydroxyl groups is 1. The van der Waals surface area contributed by atoms with E-state index >= 15 is 0 Å². The molecule has 0 bridgehead atoms. The molecule has 2 aromatic rings. The molecule has 0 aliphatic rings. The third-order valence-corrected chi connectivity index (χ3v) is 4.68. The summed E-state index contributed by atoms with van der Waals surface area (Å²) in [5, 5.41) is 21.9. The summed E-state index contributed by atoms with van der Waals surface area (Å²) in [7, 11) is 0. The predicted molar refractivity (Wildman–Crippen MR) is 105 cm³/mol. The van der Waals surface area contributed by atoms with Crippen LogP contribution in [0.2, 0.25) is 0 Å². The van der Waals surface area contributed by atoms with Gasteiger partial charge in [0.2, 0.25) is 0 Å². The van der Waals surface area contributed by atoms with E-state index in [0.29, 0.717) is 0 Å². The quantitative estimate of drug-likeness (QED) is 0.532. The summed E-state index contributed by atoms with van der Waals surface area (Å²) in [6, 6.07) is 4.61. The number of aliphatic carboxylic acids is 1.